The molecular formula is C17H24FNO2. The molecule has 1 spiro atoms. The molecule has 2 fully saturated rings. The predicted molar refractivity (Wildman–Crippen MR) is 80.0 cm³/mol. The number of nitrogens with one attached hydrogen (secondary N) is 1. The number of methoxy groups -OCH3 is 1. The second-order valence-corrected chi connectivity index (χ2v) is 6.46. The minimum atomic E-state index is -0.275. The minimum absolute atomic E-state index is 0.136. The molecule has 2 aliphatic rings. The van der Waals surface area contributed by atoms with Crippen molar-refractivity contribution in [3.8, 4) is 5.75 Å². The Morgan fingerprint density at radius 2 is 2.10 bits per heavy atom. The predicted octanol–water partition coefficient (Wildman–Crippen LogP) is 3.44. The van der Waals surface area contributed by atoms with Gasteiger partial charge in [0.05, 0.1) is 18.3 Å². The van der Waals surface area contributed by atoms with E-state index in [2.05, 4.69) is 12.2 Å². The highest BCUT2D eigenvalue weighted by atomic mass is 19.1. The van der Waals surface area contributed by atoms with Crippen molar-refractivity contribution in [2.24, 2.45) is 5.92 Å². The molecule has 0 radical (unpaired) electrons. The van der Waals surface area contributed by atoms with Crippen LogP contribution in [0.5, 0.6) is 5.75 Å². The van der Waals surface area contributed by atoms with Crippen LogP contribution in [-0.4, -0.2) is 25.8 Å². The molecule has 1 saturated carbocycles. The number of ether oxygens (including phenoxy) is 2. The van der Waals surface area contributed by atoms with Crippen molar-refractivity contribution in [2.75, 3.05) is 20.2 Å². The lowest BCUT2D eigenvalue weighted by Crippen LogP contribution is -2.52. The summed E-state index contributed by atoms with van der Waals surface area (Å²) in [6, 6.07) is 4.95. The Labute approximate surface area is 125 Å². The summed E-state index contributed by atoms with van der Waals surface area (Å²) in [5, 5.41) is 3.44. The minimum Gasteiger partial charge on any atom is -0.496 e. The standard InChI is InChI=1S/C17H24FNO2/c1-12-6-8-17(9-7-12)11-19-10-15(21-17)16-13(18)4-3-5-14(16)20-2/h3-5,12,15,19H,6-11H2,1-2H3. The molecule has 0 amide bonds. The smallest absolute Gasteiger partial charge is 0.132 e. The van der Waals surface area contributed by atoms with E-state index >= 15 is 0 Å². The quantitative estimate of drug-likeness (QED) is 0.906. The molecule has 1 aromatic rings. The molecule has 0 aromatic heterocycles. The van der Waals surface area contributed by atoms with Crippen molar-refractivity contribution in [1.82, 2.24) is 5.32 Å². The summed E-state index contributed by atoms with van der Waals surface area (Å²) in [6.45, 7) is 3.79. The zero-order valence-corrected chi connectivity index (χ0v) is 12.8. The van der Waals surface area contributed by atoms with Crippen LogP contribution in [0.2, 0.25) is 0 Å². The fraction of sp³-hybridized carbons (Fsp3) is 0.647. The Balaban J connectivity index is 1.84. The van der Waals surface area contributed by atoms with Gasteiger partial charge in [0.15, 0.2) is 0 Å². The second kappa shape index (κ2) is 5.93. The summed E-state index contributed by atoms with van der Waals surface area (Å²) in [5.41, 5.74) is 0.410. The Hall–Kier alpha value is -1.13. The topological polar surface area (TPSA) is 30.5 Å². The fourth-order valence-corrected chi connectivity index (χ4v) is 3.57. The number of halogens is 1. The van der Waals surface area contributed by atoms with Gasteiger partial charge in [-0.3, -0.25) is 0 Å². The van der Waals surface area contributed by atoms with Crippen molar-refractivity contribution >= 4 is 0 Å². The van der Waals surface area contributed by atoms with Crippen LogP contribution < -0.4 is 10.1 Å². The summed E-state index contributed by atoms with van der Waals surface area (Å²) in [5.74, 6) is 1.09. The van der Waals surface area contributed by atoms with Gasteiger partial charge in [0.25, 0.3) is 0 Å². The van der Waals surface area contributed by atoms with Crippen molar-refractivity contribution in [3.05, 3.63) is 29.6 Å². The van der Waals surface area contributed by atoms with E-state index in [1.165, 1.54) is 18.9 Å². The summed E-state index contributed by atoms with van der Waals surface area (Å²) in [7, 11) is 1.58. The molecule has 0 bridgehead atoms. The zero-order valence-electron chi connectivity index (χ0n) is 12.8. The van der Waals surface area contributed by atoms with Gasteiger partial charge in [0.2, 0.25) is 0 Å². The molecule has 1 unspecified atom stereocenters. The molecule has 1 N–H and O–H groups in total. The van der Waals surface area contributed by atoms with E-state index in [1.54, 1.807) is 19.2 Å². The average Bonchev–Trinajstić information content (AvgIpc) is 2.50. The zero-order chi connectivity index (χ0) is 14.9. The molecule has 1 heterocycles. The third kappa shape index (κ3) is 2.92. The van der Waals surface area contributed by atoms with Crippen LogP contribution in [0.25, 0.3) is 0 Å². The maximum absolute atomic E-state index is 14.3. The number of rotatable bonds is 2. The summed E-state index contributed by atoms with van der Waals surface area (Å²) >= 11 is 0. The van der Waals surface area contributed by atoms with Crippen LogP contribution in [0.3, 0.4) is 0 Å². The summed E-state index contributed by atoms with van der Waals surface area (Å²) in [6.07, 6.45) is 4.19. The van der Waals surface area contributed by atoms with Crippen LogP contribution >= 0.6 is 0 Å². The maximum Gasteiger partial charge on any atom is 0.132 e. The number of hydrogen-bond acceptors (Lipinski definition) is 3. The van der Waals surface area contributed by atoms with Gasteiger partial charge in [-0.15, -0.1) is 0 Å². The van der Waals surface area contributed by atoms with Crippen LogP contribution in [0, 0.1) is 11.7 Å². The number of morpholine rings is 1. The van der Waals surface area contributed by atoms with Gasteiger partial charge >= 0.3 is 0 Å². The van der Waals surface area contributed by atoms with Gasteiger partial charge in [-0.2, -0.15) is 0 Å². The van der Waals surface area contributed by atoms with Crippen molar-refractivity contribution < 1.29 is 13.9 Å². The Kier molecular flexibility index (Phi) is 4.18. The molecule has 116 valence electrons. The van der Waals surface area contributed by atoms with Crippen LogP contribution in [0.1, 0.15) is 44.3 Å². The highest BCUT2D eigenvalue weighted by molar-refractivity contribution is 5.37. The monoisotopic (exact) mass is 293 g/mol. The lowest BCUT2D eigenvalue weighted by atomic mass is 9.78. The second-order valence-electron chi connectivity index (χ2n) is 6.46. The third-order valence-corrected chi connectivity index (χ3v) is 4.91. The molecule has 1 saturated heterocycles. The fourth-order valence-electron chi connectivity index (χ4n) is 3.57. The molecule has 3 nitrogen and oxygen atoms in total. The van der Waals surface area contributed by atoms with Crippen molar-refractivity contribution in [3.63, 3.8) is 0 Å². The average molecular weight is 293 g/mol. The first-order valence-electron chi connectivity index (χ1n) is 7.84. The highest BCUT2D eigenvalue weighted by Gasteiger charge is 2.41. The van der Waals surface area contributed by atoms with E-state index in [9.17, 15) is 4.39 Å². The molecule has 1 aliphatic heterocycles. The van der Waals surface area contributed by atoms with E-state index in [0.29, 0.717) is 17.9 Å². The molecule has 3 rings (SSSR count). The Morgan fingerprint density at radius 3 is 2.81 bits per heavy atom. The van der Waals surface area contributed by atoms with E-state index in [4.69, 9.17) is 9.47 Å². The van der Waals surface area contributed by atoms with Gasteiger partial charge < -0.3 is 14.8 Å². The van der Waals surface area contributed by atoms with Gasteiger partial charge in [-0.1, -0.05) is 13.0 Å². The summed E-state index contributed by atoms with van der Waals surface area (Å²) < 4.78 is 26.0. The number of hydrogen-bond donors (Lipinski definition) is 1. The van der Waals surface area contributed by atoms with Gasteiger partial charge in [-0.25, -0.2) is 4.39 Å². The first kappa shape index (κ1) is 14.8. The van der Waals surface area contributed by atoms with Crippen molar-refractivity contribution in [2.45, 2.75) is 44.3 Å². The summed E-state index contributed by atoms with van der Waals surface area (Å²) in [4.78, 5) is 0. The normalized spacial score (nSPS) is 33.1. The SMILES string of the molecule is COc1cccc(F)c1C1CNCC2(CCC(C)CC2)O1. The molecule has 4 heteroatoms. The van der Waals surface area contributed by atoms with Crippen LogP contribution in [0.15, 0.2) is 18.2 Å². The molecular weight excluding hydrogens is 269 g/mol. The molecule has 1 atom stereocenters. The number of benzene rings is 1. The highest BCUT2D eigenvalue weighted by Crippen LogP contribution is 2.41. The van der Waals surface area contributed by atoms with E-state index in [-0.39, 0.29) is 17.5 Å². The lowest BCUT2D eigenvalue weighted by Gasteiger charge is -2.45. The molecule has 1 aliphatic carbocycles. The van der Waals surface area contributed by atoms with Crippen LogP contribution in [0.4, 0.5) is 4.39 Å². The van der Waals surface area contributed by atoms with E-state index in [0.717, 1.165) is 25.3 Å². The molecule has 1 aromatic carbocycles. The first-order chi connectivity index (χ1) is 10.1. The largest absolute Gasteiger partial charge is 0.496 e. The van der Waals surface area contributed by atoms with E-state index < -0.39 is 0 Å². The molecule has 21 heavy (non-hydrogen) atoms. The Morgan fingerprint density at radius 1 is 1.33 bits per heavy atom. The Bertz CT molecular complexity index is 498. The van der Waals surface area contributed by atoms with Gasteiger partial charge in [0.1, 0.15) is 17.7 Å². The lowest BCUT2D eigenvalue weighted by molar-refractivity contribution is -0.141. The van der Waals surface area contributed by atoms with Gasteiger partial charge in [-0.05, 0) is 43.7 Å². The van der Waals surface area contributed by atoms with Crippen LogP contribution in [-0.2, 0) is 4.74 Å². The van der Waals surface area contributed by atoms with Gasteiger partial charge in [0, 0.05) is 13.1 Å². The van der Waals surface area contributed by atoms with Crippen molar-refractivity contribution in [1.29, 1.82) is 0 Å². The van der Waals surface area contributed by atoms with E-state index in [1.807, 2.05) is 0 Å². The maximum atomic E-state index is 14.3. The first-order valence-corrected chi connectivity index (χ1v) is 7.84. The third-order valence-electron chi connectivity index (χ3n) is 4.91.